The summed E-state index contributed by atoms with van der Waals surface area (Å²) in [5.41, 5.74) is 0. The van der Waals surface area contributed by atoms with Gasteiger partial charge in [-0.3, -0.25) is 4.79 Å². The summed E-state index contributed by atoms with van der Waals surface area (Å²) in [6.07, 6.45) is 2.93. The first-order valence-electron chi connectivity index (χ1n) is 5.03. The lowest BCUT2D eigenvalue weighted by atomic mass is 10.2. The Morgan fingerprint density at radius 1 is 1.65 bits per heavy atom. The fourth-order valence-corrected chi connectivity index (χ4v) is 2.51. The maximum atomic E-state index is 11.8. The fourth-order valence-electron chi connectivity index (χ4n) is 1.25. The highest BCUT2D eigenvalue weighted by Gasteiger charge is 2.19. The first-order chi connectivity index (χ1) is 7.81. The second-order valence-electron chi connectivity index (χ2n) is 3.83. The molecule has 0 saturated carbocycles. The largest absolute Gasteiger partial charge is 0.481 e. The summed E-state index contributed by atoms with van der Waals surface area (Å²) in [5, 5.41) is 8.42. The van der Waals surface area contributed by atoms with Crippen molar-refractivity contribution in [2.75, 3.05) is 0 Å². The van der Waals surface area contributed by atoms with Crippen molar-refractivity contribution in [3.63, 3.8) is 0 Å². The molecule has 8 heteroatoms. The van der Waals surface area contributed by atoms with Crippen LogP contribution in [0.2, 0.25) is 0 Å². The molecule has 0 radical (unpaired) electrons. The fraction of sp³-hybridized carbons (Fsp3) is 0.556. The van der Waals surface area contributed by atoms with Gasteiger partial charge in [0.05, 0.1) is 6.33 Å². The van der Waals surface area contributed by atoms with Gasteiger partial charge in [-0.05, 0) is 13.3 Å². The minimum atomic E-state index is -3.66. The average Bonchev–Trinajstić information content (AvgIpc) is 2.62. The van der Waals surface area contributed by atoms with Crippen LogP contribution in [0.15, 0.2) is 17.6 Å². The monoisotopic (exact) mass is 261 g/mol. The quantitative estimate of drug-likeness (QED) is 0.747. The Kier molecular flexibility index (Phi) is 4.24. The molecule has 1 rings (SSSR count). The van der Waals surface area contributed by atoms with E-state index in [1.165, 1.54) is 17.1 Å². The third-order valence-corrected chi connectivity index (χ3v) is 3.58. The zero-order chi connectivity index (χ0) is 13.1. The van der Waals surface area contributed by atoms with Crippen LogP contribution in [0.25, 0.3) is 0 Å². The van der Waals surface area contributed by atoms with E-state index in [-0.39, 0.29) is 17.9 Å². The maximum Gasteiger partial charge on any atom is 0.303 e. The maximum absolute atomic E-state index is 11.8. The number of rotatable bonds is 6. The number of sulfonamides is 1. The molecule has 17 heavy (non-hydrogen) atoms. The molecule has 7 nitrogen and oxygen atoms in total. The Hall–Kier alpha value is -1.41. The van der Waals surface area contributed by atoms with Crippen molar-refractivity contribution in [2.24, 2.45) is 7.05 Å². The van der Waals surface area contributed by atoms with Crippen LogP contribution in [0.5, 0.6) is 0 Å². The molecule has 1 aromatic rings. The van der Waals surface area contributed by atoms with E-state index >= 15 is 0 Å². The predicted molar refractivity (Wildman–Crippen MR) is 59.9 cm³/mol. The number of aryl methyl sites for hydroxylation is 1. The second kappa shape index (κ2) is 5.28. The van der Waals surface area contributed by atoms with Crippen molar-refractivity contribution in [3.05, 3.63) is 12.5 Å². The first-order valence-corrected chi connectivity index (χ1v) is 6.51. The van der Waals surface area contributed by atoms with E-state index in [2.05, 4.69) is 9.71 Å². The van der Waals surface area contributed by atoms with Crippen molar-refractivity contribution in [1.29, 1.82) is 0 Å². The number of carboxylic acid groups (broad SMARTS) is 1. The predicted octanol–water partition coefficient (Wildman–Crippen LogP) is -0.0483. The van der Waals surface area contributed by atoms with Crippen molar-refractivity contribution in [2.45, 2.75) is 30.8 Å². The Morgan fingerprint density at radius 3 is 2.76 bits per heavy atom. The van der Waals surface area contributed by atoms with Crippen molar-refractivity contribution < 1.29 is 18.3 Å². The molecule has 0 fully saturated rings. The normalized spacial score (nSPS) is 13.5. The molecule has 0 aliphatic rings. The third-order valence-electron chi connectivity index (χ3n) is 2.10. The van der Waals surface area contributed by atoms with Crippen LogP contribution < -0.4 is 4.72 Å². The van der Waals surface area contributed by atoms with E-state index in [0.717, 1.165) is 0 Å². The van der Waals surface area contributed by atoms with Gasteiger partial charge in [0.1, 0.15) is 0 Å². The molecular formula is C9H15N3O4S. The minimum Gasteiger partial charge on any atom is -0.481 e. The standard InChI is InChI=1S/C9H15N3O4S/c1-7(3-4-9(13)14)11-17(15,16)8-5-12(2)6-10-8/h5-7,11H,3-4H2,1-2H3,(H,13,14). The molecule has 0 aliphatic carbocycles. The lowest BCUT2D eigenvalue weighted by molar-refractivity contribution is -0.137. The number of imidazole rings is 1. The summed E-state index contributed by atoms with van der Waals surface area (Å²) in [6.45, 7) is 1.61. The molecule has 1 aromatic heterocycles. The molecule has 0 amide bonds. The van der Waals surface area contributed by atoms with Crippen molar-refractivity contribution >= 4 is 16.0 Å². The van der Waals surface area contributed by atoms with Crippen LogP contribution in [0.4, 0.5) is 0 Å². The number of aliphatic carboxylic acids is 1. The smallest absolute Gasteiger partial charge is 0.303 e. The zero-order valence-corrected chi connectivity index (χ0v) is 10.4. The molecule has 0 spiro atoms. The van der Waals surface area contributed by atoms with Gasteiger partial charge in [-0.1, -0.05) is 0 Å². The number of carbonyl (C=O) groups is 1. The molecule has 2 N–H and O–H groups in total. The topological polar surface area (TPSA) is 101 Å². The highest BCUT2D eigenvalue weighted by Crippen LogP contribution is 2.07. The van der Waals surface area contributed by atoms with Gasteiger partial charge in [0, 0.05) is 25.7 Å². The van der Waals surface area contributed by atoms with E-state index in [1.807, 2.05) is 0 Å². The van der Waals surface area contributed by atoms with Crippen molar-refractivity contribution in [1.82, 2.24) is 14.3 Å². The summed E-state index contributed by atoms with van der Waals surface area (Å²) in [4.78, 5) is 14.1. The number of nitrogens with one attached hydrogen (secondary N) is 1. The molecule has 1 heterocycles. The Morgan fingerprint density at radius 2 is 2.29 bits per heavy atom. The average molecular weight is 261 g/mol. The summed E-state index contributed by atoms with van der Waals surface area (Å²) in [5.74, 6) is -0.950. The van der Waals surface area contributed by atoms with Gasteiger partial charge in [0.25, 0.3) is 10.0 Å². The summed E-state index contributed by atoms with van der Waals surface area (Å²) < 4.78 is 27.4. The van der Waals surface area contributed by atoms with E-state index in [0.29, 0.717) is 0 Å². The second-order valence-corrected chi connectivity index (χ2v) is 5.49. The third kappa shape index (κ3) is 4.16. The van der Waals surface area contributed by atoms with Crippen molar-refractivity contribution in [3.8, 4) is 0 Å². The highest BCUT2D eigenvalue weighted by atomic mass is 32.2. The number of nitrogens with zero attached hydrogens (tertiary/aromatic N) is 2. The van der Waals surface area contributed by atoms with Crippen LogP contribution in [-0.4, -0.2) is 35.1 Å². The zero-order valence-electron chi connectivity index (χ0n) is 9.62. The van der Waals surface area contributed by atoms with Gasteiger partial charge in [0.2, 0.25) is 0 Å². The SMILES string of the molecule is CC(CCC(=O)O)NS(=O)(=O)c1cn(C)cn1. The molecule has 0 saturated heterocycles. The lowest BCUT2D eigenvalue weighted by Crippen LogP contribution is -2.33. The Bertz CT molecular complexity index is 494. The van der Waals surface area contributed by atoms with E-state index in [1.54, 1.807) is 14.0 Å². The first kappa shape index (κ1) is 13.7. The summed E-state index contributed by atoms with van der Waals surface area (Å²) >= 11 is 0. The van der Waals surface area contributed by atoms with Gasteiger partial charge < -0.3 is 9.67 Å². The van der Waals surface area contributed by atoms with E-state index < -0.39 is 22.0 Å². The van der Waals surface area contributed by atoms with Crippen LogP contribution in [0.3, 0.4) is 0 Å². The number of hydrogen-bond donors (Lipinski definition) is 2. The van der Waals surface area contributed by atoms with Gasteiger partial charge in [-0.25, -0.2) is 18.1 Å². The summed E-state index contributed by atoms with van der Waals surface area (Å²) in [6, 6.07) is -0.446. The van der Waals surface area contributed by atoms with Crippen LogP contribution >= 0.6 is 0 Å². The van der Waals surface area contributed by atoms with Crippen LogP contribution in [0, 0.1) is 0 Å². The van der Waals surface area contributed by atoms with E-state index in [4.69, 9.17) is 5.11 Å². The molecule has 0 aromatic carbocycles. The van der Waals surface area contributed by atoms with Gasteiger partial charge in [-0.2, -0.15) is 0 Å². The number of hydrogen-bond acceptors (Lipinski definition) is 4. The van der Waals surface area contributed by atoms with Gasteiger partial charge in [-0.15, -0.1) is 0 Å². The number of aromatic nitrogens is 2. The van der Waals surface area contributed by atoms with Gasteiger partial charge in [0.15, 0.2) is 5.03 Å². The minimum absolute atomic E-state index is 0.0674. The van der Waals surface area contributed by atoms with Crippen LogP contribution in [-0.2, 0) is 21.9 Å². The molecule has 0 bridgehead atoms. The molecule has 96 valence electrons. The molecule has 0 aliphatic heterocycles. The van der Waals surface area contributed by atoms with Gasteiger partial charge >= 0.3 is 5.97 Å². The highest BCUT2D eigenvalue weighted by molar-refractivity contribution is 7.89. The lowest BCUT2D eigenvalue weighted by Gasteiger charge is -2.11. The Labute approximate surface area is 99.5 Å². The molecule has 1 unspecified atom stereocenters. The molecular weight excluding hydrogens is 246 g/mol. The van der Waals surface area contributed by atoms with Crippen LogP contribution in [0.1, 0.15) is 19.8 Å². The number of carboxylic acids is 1. The summed E-state index contributed by atoms with van der Waals surface area (Å²) in [7, 11) is -1.99. The Balaban J connectivity index is 2.64. The van der Waals surface area contributed by atoms with E-state index in [9.17, 15) is 13.2 Å². The molecule has 1 atom stereocenters.